The number of benzene rings is 1. The number of piperidine rings is 1. The molecule has 1 amide bonds. The van der Waals surface area contributed by atoms with Gasteiger partial charge in [-0.1, -0.05) is 6.92 Å². The number of nitrogens with zero attached hydrogens (tertiary/aromatic N) is 5. The zero-order valence-electron chi connectivity index (χ0n) is 15.2. The number of carbonyl (C=O) groups excluding carboxylic acids is 1. The third kappa shape index (κ3) is 3.74. The van der Waals surface area contributed by atoms with E-state index in [2.05, 4.69) is 17.3 Å². The first-order valence-electron chi connectivity index (χ1n) is 8.67. The van der Waals surface area contributed by atoms with Crippen LogP contribution in [0.25, 0.3) is 0 Å². The van der Waals surface area contributed by atoms with Crippen LogP contribution in [0.5, 0.6) is 0 Å². The molecule has 27 heavy (non-hydrogen) atoms. The van der Waals surface area contributed by atoms with E-state index in [0.717, 1.165) is 25.9 Å². The minimum Gasteiger partial charge on any atom is -0.366 e. The Bertz CT molecular complexity index is 922. The van der Waals surface area contributed by atoms with Crippen LogP contribution in [0.3, 0.4) is 0 Å². The van der Waals surface area contributed by atoms with Crippen LogP contribution in [0.15, 0.2) is 24.4 Å². The molecule has 0 aliphatic carbocycles. The summed E-state index contributed by atoms with van der Waals surface area (Å²) in [6.07, 6.45) is 3.31. The van der Waals surface area contributed by atoms with Gasteiger partial charge >= 0.3 is 0 Å². The van der Waals surface area contributed by atoms with Gasteiger partial charge in [0.15, 0.2) is 0 Å². The summed E-state index contributed by atoms with van der Waals surface area (Å²) in [5.41, 5.74) is 0.810. The molecule has 1 aromatic heterocycles. The number of nitriles is 1. The van der Waals surface area contributed by atoms with E-state index in [1.807, 2.05) is 11.0 Å². The minimum absolute atomic E-state index is 0.0947. The molecule has 1 aliphatic heterocycles. The van der Waals surface area contributed by atoms with E-state index in [-0.39, 0.29) is 22.6 Å². The molecule has 1 saturated heterocycles. The Balaban J connectivity index is 1.87. The first-order valence-corrected chi connectivity index (χ1v) is 8.67. The molecule has 9 nitrogen and oxygen atoms in total. The number of anilines is 2. The Morgan fingerprint density at radius 3 is 2.74 bits per heavy atom. The maximum Gasteiger partial charge on any atom is 0.293 e. The summed E-state index contributed by atoms with van der Waals surface area (Å²) in [6.45, 7) is 3.69. The van der Waals surface area contributed by atoms with Crippen molar-refractivity contribution in [2.24, 2.45) is 13.0 Å². The highest BCUT2D eigenvalue weighted by molar-refractivity contribution is 6.05. The lowest BCUT2D eigenvalue weighted by Crippen LogP contribution is -2.33. The van der Waals surface area contributed by atoms with Gasteiger partial charge in [-0.05, 0) is 30.9 Å². The Labute approximate surface area is 156 Å². The number of nitrogens with one attached hydrogen (secondary N) is 1. The fraction of sp³-hybridized carbons (Fsp3) is 0.389. The number of amides is 1. The Hall–Kier alpha value is -3.41. The van der Waals surface area contributed by atoms with Gasteiger partial charge in [0, 0.05) is 31.8 Å². The molecule has 1 aliphatic rings. The number of nitro groups is 1. The molecule has 1 N–H and O–H groups in total. The van der Waals surface area contributed by atoms with Crippen molar-refractivity contribution in [3.05, 3.63) is 45.6 Å². The summed E-state index contributed by atoms with van der Waals surface area (Å²) < 4.78 is 1.37. The van der Waals surface area contributed by atoms with Crippen molar-refractivity contribution in [3.63, 3.8) is 0 Å². The SMILES string of the molecule is CC1CCN(c2ccc(C(=O)Nc3c(C#N)cnn3C)cc2[N+](=O)[O-])CC1. The van der Waals surface area contributed by atoms with Crippen LogP contribution in [-0.4, -0.2) is 33.7 Å². The minimum atomic E-state index is -0.531. The van der Waals surface area contributed by atoms with Crippen molar-refractivity contribution in [3.8, 4) is 6.07 Å². The summed E-state index contributed by atoms with van der Waals surface area (Å²) in [6, 6.07) is 6.42. The number of rotatable bonds is 4. The van der Waals surface area contributed by atoms with Gasteiger partial charge in [-0.3, -0.25) is 19.6 Å². The monoisotopic (exact) mass is 368 g/mol. The first kappa shape index (κ1) is 18.4. The average molecular weight is 368 g/mol. The number of nitro benzene ring substituents is 1. The molecule has 3 rings (SSSR count). The van der Waals surface area contributed by atoms with Gasteiger partial charge in [0.2, 0.25) is 0 Å². The van der Waals surface area contributed by atoms with E-state index in [4.69, 9.17) is 5.26 Å². The van der Waals surface area contributed by atoms with Gasteiger partial charge in [0.1, 0.15) is 23.1 Å². The van der Waals surface area contributed by atoms with Crippen LogP contribution in [0.2, 0.25) is 0 Å². The van der Waals surface area contributed by atoms with Crippen LogP contribution in [0.4, 0.5) is 17.2 Å². The normalized spacial score (nSPS) is 14.6. The Morgan fingerprint density at radius 2 is 2.11 bits per heavy atom. The van der Waals surface area contributed by atoms with Crippen LogP contribution in [0.1, 0.15) is 35.7 Å². The summed E-state index contributed by atoms with van der Waals surface area (Å²) in [5, 5.41) is 27.2. The Kier molecular flexibility index (Phi) is 5.07. The van der Waals surface area contributed by atoms with Crippen LogP contribution in [-0.2, 0) is 7.05 Å². The zero-order chi connectivity index (χ0) is 19.6. The molecule has 1 aromatic carbocycles. The largest absolute Gasteiger partial charge is 0.366 e. The summed E-state index contributed by atoms with van der Waals surface area (Å²) in [4.78, 5) is 25.6. The molecule has 0 saturated carbocycles. The molecule has 0 atom stereocenters. The lowest BCUT2D eigenvalue weighted by molar-refractivity contribution is -0.384. The predicted molar refractivity (Wildman–Crippen MR) is 99.6 cm³/mol. The zero-order valence-corrected chi connectivity index (χ0v) is 15.2. The number of carbonyl (C=O) groups is 1. The lowest BCUT2D eigenvalue weighted by atomic mass is 9.98. The van der Waals surface area contributed by atoms with Crippen molar-refractivity contribution < 1.29 is 9.72 Å². The molecular weight excluding hydrogens is 348 g/mol. The molecular formula is C18H20N6O3. The van der Waals surface area contributed by atoms with Gasteiger partial charge in [-0.15, -0.1) is 0 Å². The molecule has 140 valence electrons. The van der Waals surface area contributed by atoms with Crippen molar-refractivity contribution >= 4 is 23.1 Å². The van der Waals surface area contributed by atoms with E-state index in [1.165, 1.54) is 16.9 Å². The van der Waals surface area contributed by atoms with Gasteiger partial charge in [-0.25, -0.2) is 0 Å². The molecule has 2 aromatic rings. The predicted octanol–water partition coefficient (Wildman–Crippen LogP) is 2.69. The number of hydrogen-bond donors (Lipinski definition) is 1. The Morgan fingerprint density at radius 1 is 1.41 bits per heavy atom. The maximum absolute atomic E-state index is 12.5. The molecule has 1 fully saturated rings. The van der Waals surface area contributed by atoms with Crippen molar-refractivity contribution in [2.75, 3.05) is 23.3 Å². The number of aromatic nitrogens is 2. The fourth-order valence-electron chi connectivity index (χ4n) is 3.18. The van der Waals surface area contributed by atoms with Gasteiger partial charge < -0.3 is 10.2 Å². The average Bonchev–Trinajstić information content (AvgIpc) is 3.01. The van der Waals surface area contributed by atoms with Gasteiger partial charge in [0.25, 0.3) is 11.6 Å². The third-order valence-corrected chi connectivity index (χ3v) is 4.85. The third-order valence-electron chi connectivity index (χ3n) is 4.85. The van der Waals surface area contributed by atoms with Gasteiger partial charge in [-0.2, -0.15) is 10.4 Å². The highest BCUT2D eigenvalue weighted by Crippen LogP contribution is 2.32. The van der Waals surface area contributed by atoms with Crippen molar-refractivity contribution in [1.82, 2.24) is 9.78 Å². The van der Waals surface area contributed by atoms with E-state index < -0.39 is 10.8 Å². The van der Waals surface area contributed by atoms with Crippen LogP contribution >= 0.6 is 0 Å². The molecule has 0 bridgehead atoms. The summed E-state index contributed by atoms with van der Waals surface area (Å²) in [5.74, 6) is 0.329. The maximum atomic E-state index is 12.5. The smallest absolute Gasteiger partial charge is 0.293 e. The van der Waals surface area contributed by atoms with E-state index in [9.17, 15) is 14.9 Å². The highest BCUT2D eigenvalue weighted by Gasteiger charge is 2.25. The number of hydrogen-bond acceptors (Lipinski definition) is 6. The van der Waals surface area contributed by atoms with Crippen molar-refractivity contribution in [2.45, 2.75) is 19.8 Å². The molecule has 9 heteroatoms. The molecule has 0 radical (unpaired) electrons. The van der Waals surface area contributed by atoms with Crippen LogP contribution < -0.4 is 10.2 Å². The van der Waals surface area contributed by atoms with Crippen molar-refractivity contribution in [1.29, 1.82) is 5.26 Å². The lowest BCUT2D eigenvalue weighted by Gasteiger charge is -2.31. The number of aryl methyl sites for hydroxylation is 1. The second kappa shape index (κ2) is 7.45. The topological polar surface area (TPSA) is 117 Å². The first-order chi connectivity index (χ1) is 12.9. The van der Waals surface area contributed by atoms with E-state index in [0.29, 0.717) is 11.6 Å². The molecule has 2 heterocycles. The van der Waals surface area contributed by atoms with E-state index >= 15 is 0 Å². The quantitative estimate of drug-likeness (QED) is 0.655. The second-order valence-corrected chi connectivity index (χ2v) is 6.73. The molecule has 0 spiro atoms. The summed E-state index contributed by atoms with van der Waals surface area (Å²) >= 11 is 0. The van der Waals surface area contributed by atoms with Gasteiger partial charge in [0.05, 0.1) is 11.1 Å². The fourth-order valence-corrected chi connectivity index (χ4v) is 3.18. The highest BCUT2D eigenvalue weighted by atomic mass is 16.6. The van der Waals surface area contributed by atoms with Crippen LogP contribution in [0, 0.1) is 27.4 Å². The van der Waals surface area contributed by atoms with E-state index in [1.54, 1.807) is 19.2 Å². The second-order valence-electron chi connectivity index (χ2n) is 6.73. The standard InChI is InChI=1S/C18H20N6O3/c1-12-5-7-23(8-6-12)15-4-3-13(9-16(15)24(26)27)18(25)21-17-14(10-19)11-20-22(17)2/h3-4,9,11-12H,5-8H2,1-2H3,(H,21,25). The molecule has 0 unspecified atom stereocenters. The summed E-state index contributed by atoms with van der Waals surface area (Å²) in [7, 11) is 1.60.